The fourth-order valence-electron chi connectivity index (χ4n) is 2.40. The molecule has 8 heteroatoms. The van der Waals surface area contributed by atoms with Crippen molar-refractivity contribution in [2.75, 3.05) is 5.32 Å². The van der Waals surface area contributed by atoms with Gasteiger partial charge in [-0.15, -0.1) is 23.3 Å². The van der Waals surface area contributed by atoms with Gasteiger partial charge >= 0.3 is 0 Å². The van der Waals surface area contributed by atoms with E-state index in [4.69, 9.17) is 0 Å². The topological polar surface area (TPSA) is 68.5 Å². The van der Waals surface area contributed by atoms with Crippen molar-refractivity contribution in [2.45, 2.75) is 0 Å². The maximum atomic E-state index is 4.58. The van der Waals surface area contributed by atoms with Crippen molar-refractivity contribution in [1.82, 2.24) is 24.5 Å². The number of nitrogens with one attached hydrogen (secondary N) is 1. The average molecular weight is 381 g/mol. The van der Waals surface area contributed by atoms with Crippen LogP contribution in [0.4, 0.5) is 11.6 Å². The number of thiol groups is 2. The molecule has 0 bridgehead atoms. The molecular weight excluding hydrogens is 364 g/mol. The third kappa shape index (κ3) is 4.22. The molecule has 4 rings (SSSR count). The molecule has 0 aliphatic heterocycles. The molecule has 0 amide bonds. The highest BCUT2D eigenvalue weighted by Crippen LogP contribution is 2.21. The van der Waals surface area contributed by atoms with Gasteiger partial charge in [-0.3, -0.25) is 9.55 Å². The van der Waals surface area contributed by atoms with E-state index in [0.717, 1.165) is 22.9 Å². The maximum Gasteiger partial charge on any atom is 0.229 e. The van der Waals surface area contributed by atoms with Crippen LogP contribution in [0.5, 0.6) is 0 Å². The predicted molar refractivity (Wildman–Crippen MR) is 110 cm³/mol. The first-order chi connectivity index (χ1) is 12.9. The second-order valence-corrected chi connectivity index (χ2v) is 5.09. The number of benzene rings is 1. The number of pyridine rings is 1. The summed E-state index contributed by atoms with van der Waals surface area (Å²) in [4.78, 5) is 17.3. The minimum Gasteiger partial charge on any atom is -0.324 e. The molecule has 0 radical (unpaired) electrons. The van der Waals surface area contributed by atoms with Crippen LogP contribution in [-0.4, -0.2) is 24.5 Å². The molecule has 0 unspecified atom stereocenters. The largest absolute Gasteiger partial charge is 0.324 e. The summed E-state index contributed by atoms with van der Waals surface area (Å²) in [5.41, 5.74) is 1.92. The highest BCUT2D eigenvalue weighted by atomic mass is 33.1. The summed E-state index contributed by atoms with van der Waals surface area (Å²) in [5, 5.41) is 3.17. The summed E-state index contributed by atoms with van der Waals surface area (Å²) >= 11 is 6.44. The number of aromatic nitrogens is 5. The van der Waals surface area contributed by atoms with Crippen LogP contribution in [0.1, 0.15) is 0 Å². The zero-order valence-corrected chi connectivity index (χ0v) is 15.4. The molecule has 3 aromatic heterocycles. The van der Waals surface area contributed by atoms with Gasteiger partial charge in [0.15, 0.2) is 0 Å². The summed E-state index contributed by atoms with van der Waals surface area (Å²) < 4.78 is 1.94. The van der Waals surface area contributed by atoms with Crippen molar-refractivity contribution >= 4 is 35.0 Å². The SMILES string of the molecule is SS.c1ccc(-c2nccn2-c2ccnc(Nc3ccncc3)n2)cc1. The fourth-order valence-corrected chi connectivity index (χ4v) is 2.40. The fraction of sp³-hybridized carbons (Fsp3) is 0. The van der Waals surface area contributed by atoms with Crippen LogP contribution in [0.3, 0.4) is 0 Å². The summed E-state index contributed by atoms with van der Waals surface area (Å²) in [6.45, 7) is 0. The smallest absolute Gasteiger partial charge is 0.229 e. The third-order valence-corrected chi connectivity index (χ3v) is 3.50. The lowest BCUT2D eigenvalue weighted by atomic mass is 10.2. The van der Waals surface area contributed by atoms with Crippen LogP contribution >= 0.6 is 23.3 Å². The molecule has 0 saturated carbocycles. The minimum atomic E-state index is 0.520. The Morgan fingerprint density at radius 3 is 2.35 bits per heavy atom. The van der Waals surface area contributed by atoms with Crippen molar-refractivity contribution in [2.24, 2.45) is 0 Å². The Hall–Kier alpha value is -2.84. The average Bonchev–Trinajstić information content (AvgIpc) is 3.21. The summed E-state index contributed by atoms with van der Waals surface area (Å²) in [5.74, 6) is 2.11. The molecule has 3 heterocycles. The molecule has 0 fully saturated rings. The second-order valence-electron chi connectivity index (χ2n) is 5.09. The van der Waals surface area contributed by atoms with Crippen molar-refractivity contribution < 1.29 is 0 Å². The van der Waals surface area contributed by atoms with Gasteiger partial charge in [0, 0.05) is 42.2 Å². The molecule has 4 aromatic rings. The molecule has 0 saturated heterocycles. The van der Waals surface area contributed by atoms with E-state index in [-0.39, 0.29) is 0 Å². The Bertz CT molecular complexity index is 944. The Morgan fingerprint density at radius 1 is 0.808 bits per heavy atom. The lowest BCUT2D eigenvalue weighted by molar-refractivity contribution is 0.983. The molecule has 0 spiro atoms. The van der Waals surface area contributed by atoms with Crippen LogP contribution in [0.2, 0.25) is 0 Å². The highest BCUT2D eigenvalue weighted by Gasteiger charge is 2.09. The molecule has 6 nitrogen and oxygen atoms in total. The van der Waals surface area contributed by atoms with Crippen LogP contribution in [0, 0.1) is 0 Å². The van der Waals surface area contributed by atoms with Gasteiger partial charge in [0.05, 0.1) is 0 Å². The van der Waals surface area contributed by atoms with Gasteiger partial charge in [0.2, 0.25) is 5.95 Å². The van der Waals surface area contributed by atoms with E-state index >= 15 is 0 Å². The maximum absolute atomic E-state index is 4.58. The summed E-state index contributed by atoms with van der Waals surface area (Å²) in [6.07, 6.45) is 8.81. The van der Waals surface area contributed by atoms with E-state index in [0.29, 0.717) is 5.95 Å². The first-order valence-electron chi connectivity index (χ1n) is 7.69. The zero-order valence-electron chi connectivity index (χ0n) is 13.6. The number of nitrogens with zero attached hydrogens (tertiary/aromatic N) is 5. The molecule has 1 aromatic carbocycles. The second kappa shape index (κ2) is 9.02. The third-order valence-electron chi connectivity index (χ3n) is 3.50. The summed E-state index contributed by atoms with van der Waals surface area (Å²) in [6, 6.07) is 15.6. The van der Waals surface area contributed by atoms with Crippen molar-refractivity contribution in [3.05, 3.63) is 79.5 Å². The van der Waals surface area contributed by atoms with Crippen LogP contribution in [0.25, 0.3) is 17.2 Å². The highest BCUT2D eigenvalue weighted by molar-refractivity contribution is 8.59. The van der Waals surface area contributed by atoms with Gasteiger partial charge in [-0.05, 0) is 18.2 Å². The van der Waals surface area contributed by atoms with E-state index in [1.165, 1.54) is 0 Å². The van der Waals surface area contributed by atoms with E-state index in [9.17, 15) is 0 Å². The van der Waals surface area contributed by atoms with Gasteiger partial charge < -0.3 is 5.32 Å². The van der Waals surface area contributed by atoms with E-state index < -0.39 is 0 Å². The predicted octanol–water partition coefficient (Wildman–Crippen LogP) is 4.23. The molecular formula is C18H16N6S2. The van der Waals surface area contributed by atoms with Gasteiger partial charge in [-0.25, -0.2) is 9.97 Å². The van der Waals surface area contributed by atoms with Crippen molar-refractivity contribution in [1.29, 1.82) is 0 Å². The van der Waals surface area contributed by atoms with Crippen LogP contribution < -0.4 is 5.32 Å². The molecule has 130 valence electrons. The van der Waals surface area contributed by atoms with Gasteiger partial charge in [0.25, 0.3) is 0 Å². The summed E-state index contributed by atoms with van der Waals surface area (Å²) in [7, 11) is 0. The molecule has 0 atom stereocenters. The van der Waals surface area contributed by atoms with E-state index in [2.05, 4.69) is 48.6 Å². The van der Waals surface area contributed by atoms with E-state index in [1.54, 1.807) is 24.8 Å². The molecule has 0 aliphatic carbocycles. The lowest BCUT2D eigenvalue weighted by Gasteiger charge is -2.09. The Balaban J connectivity index is 0.000000948. The van der Waals surface area contributed by atoms with Gasteiger partial charge in [-0.2, -0.15) is 4.98 Å². The zero-order chi connectivity index (χ0) is 18.2. The standard InChI is InChI=1S/C18H14N6.H2S2/c1-2-4-14(5-3-1)17-20-12-13-24(17)16-8-11-21-18(23-16)22-15-6-9-19-10-7-15;1-2/h1-13H,(H,19,21,22,23);1-2H. The van der Waals surface area contributed by atoms with Crippen molar-refractivity contribution in [3.8, 4) is 17.2 Å². The number of imidazole rings is 1. The molecule has 26 heavy (non-hydrogen) atoms. The number of hydrogen-bond donors (Lipinski definition) is 3. The minimum absolute atomic E-state index is 0.520. The monoisotopic (exact) mass is 380 g/mol. The number of hydrogen-bond acceptors (Lipinski definition) is 7. The number of rotatable bonds is 4. The first kappa shape index (κ1) is 18.0. The lowest BCUT2D eigenvalue weighted by Crippen LogP contribution is -2.03. The van der Waals surface area contributed by atoms with Crippen molar-refractivity contribution in [3.63, 3.8) is 0 Å². The van der Waals surface area contributed by atoms with Crippen LogP contribution in [-0.2, 0) is 0 Å². The first-order valence-corrected chi connectivity index (χ1v) is 9.29. The normalized spacial score (nSPS) is 9.92. The van der Waals surface area contributed by atoms with Gasteiger partial charge in [-0.1, -0.05) is 30.3 Å². The quantitative estimate of drug-likeness (QED) is 0.365. The Labute approximate surface area is 161 Å². The Kier molecular flexibility index (Phi) is 6.24. The molecule has 1 N–H and O–H groups in total. The van der Waals surface area contributed by atoms with Gasteiger partial charge in [0.1, 0.15) is 11.6 Å². The van der Waals surface area contributed by atoms with E-state index in [1.807, 2.05) is 59.3 Å². The molecule has 0 aliphatic rings. The van der Waals surface area contributed by atoms with Crippen LogP contribution in [0.15, 0.2) is 79.5 Å². The number of anilines is 2. The Morgan fingerprint density at radius 2 is 1.58 bits per heavy atom.